The molecule has 0 unspecified atom stereocenters. The molecule has 0 radical (unpaired) electrons. The lowest BCUT2D eigenvalue weighted by Crippen LogP contribution is -1.97. The van der Waals surface area contributed by atoms with E-state index < -0.39 is 0 Å². The molecule has 104 valence electrons. The van der Waals surface area contributed by atoms with Crippen LogP contribution in [0.1, 0.15) is 11.1 Å². The van der Waals surface area contributed by atoms with E-state index in [0.29, 0.717) is 6.61 Å². The lowest BCUT2D eigenvalue weighted by Gasteiger charge is -2.09. The average Bonchev–Trinajstić information content (AvgIpc) is 2.55. The lowest BCUT2D eigenvalue weighted by atomic mass is 10.1. The van der Waals surface area contributed by atoms with Crippen molar-refractivity contribution >= 4 is 0 Å². The highest BCUT2D eigenvalue weighted by molar-refractivity contribution is 5.63. The number of ether oxygens (including phenoxy) is 1. The summed E-state index contributed by atoms with van der Waals surface area (Å²) in [5.41, 5.74) is 4.92. The molecule has 0 aliphatic carbocycles. The topological polar surface area (TPSA) is 9.23 Å². The van der Waals surface area contributed by atoms with Crippen LogP contribution in [0.2, 0.25) is 0 Å². The Morgan fingerprint density at radius 2 is 1.29 bits per heavy atom. The van der Waals surface area contributed by atoms with Gasteiger partial charge >= 0.3 is 0 Å². The second-order valence-electron chi connectivity index (χ2n) is 5.11. The van der Waals surface area contributed by atoms with Crippen LogP contribution in [-0.4, -0.2) is 0 Å². The van der Waals surface area contributed by atoms with Gasteiger partial charge in [0.05, 0.1) is 0 Å². The standard InChI is InChI=1S/C20H18O/c1-16-7-5-6-10-19(16)15-21-20-13-11-18(12-14-20)17-8-3-2-4-9-17/h2-14H,15H2,1H3. The van der Waals surface area contributed by atoms with Crippen LogP contribution in [0.15, 0.2) is 78.9 Å². The van der Waals surface area contributed by atoms with Crippen molar-refractivity contribution in [2.75, 3.05) is 0 Å². The van der Waals surface area contributed by atoms with E-state index >= 15 is 0 Å². The fraction of sp³-hybridized carbons (Fsp3) is 0.100. The van der Waals surface area contributed by atoms with Gasteiger partial charge in [-0.2, -0.15) is 0 Å². The smallest absolute Gasteiger partial charge is 0.119 e. The first kappa shape index (κ1) is 13.4. The summed E-state index contributed by atoms with van der Waals surface area (Å²) in [6.07, 6.45) is 0. The molecule has 3 aromatic rings. The maximum absolute atomic E-state index is 5.86. The van der Waals surface area contributed by atoms with Crippen molar-refractivity contribution in [3.63, 3.8) is 0 Å². The van der Waals surface area contributed by atoms with Crippen LogP contribution in [0.5, 0.6) is 5.75 Å². The minimum absolute atomic E-state index is 0.608. The summed E-state index contributed by atoms with van der Waals surface area (Å²) in [6, 6.07) is 26.9. The monoisotopic (exact) mass is 274 g/mol. The molecule has 1 nitrogen and oxygen atoms in total. The van der Waals surface area contributed by atoms with Crippen LogP contribution >= 0.6 is 0 Å². The maximum Gasteiger partial charge on any atom is 0.119 e. The largest absolute Gasteiger partial charge is 0.489 e. The first-order chi connectivity index (χ1) is 10.3. The molecule has 0 fully saturated rings. The lowest BCUT2D eigenvalue weighted by molar-refractivity contribution is 0.305. The zero-order valence-corrected chi connectivity index (χ0v) is 12.1. The van der Waals surface area contributed by atoms with Crippen molar-refractivity contribution in [3.05, 3.63) is 90.0 Å². The fourth-order valence-electron chi connectivity index (χ4n) is 2.31. The fourth-order valence-corrected chi connectivity index (χ4v) is 2.31. The Hall–Kier alpha value is -2.54. The minimum Gasteiger partial charge on any atom is -0.489 e. The number of hydrogen-bond donors (Lipinski definition) is 0. The van der Waals surface area contributed by atoms with Crippen LogP contribution in [0.25, 0.3) is 11.1 Å². The second-order valence-corrected chi connectivity index (χ2v) is 5.11. The summed E-state index contributed by atoms with van der Waals surface area (Å²) in [6.45, 7) is 2.72. The van der Waals surface area contributed by atoms with Crippen molar-refractivity contribution in [2.24, 2.45) is 0 Å². The van der Waals surface area contributed by atoms with Gasteiger partial charge in [0, 0.05) is 0 Å². The van der Waals surface area contributed by atoms with Gasteiger partial charge in [-0.1, -0.05) is 66.7 Å². The molecule has 0 heterocycles. The number of rotatable bonds is 4. The van der Waals surface area contributed by atoms with Crippen molar-refractivity contribution in [1.82, 2.24) is 0 Å². The van der Waals surface area contributed by atoms with Crippen molar-refractivity contribution in [2.45, 2.75) is 13.5 Å². The summed E-state index contributed by atoms with van der Waals surface area (Å²) in [5.74, 6) is 0.901. The summed E-state index contributed by atoms with van der Waals surface area (Å²) in [4.78, 5) is 0. The molecule has 0 saturated heterocycles. The molecule has 1 heteroatoms. The third-order valence-electron chi connectivity index (χ3n) is 3.62. The van der Waals surface area contributed by atoms with Gasteiger partial charge in [-0.3, -0.25) is 0 Å². The Morgan fingerprint density at radius 1 is 0.667 bits per heavy atom. The number of hydrogen-bond acceptors (Lipinski definition) is 1. The molecule has 0 aliphatic heterocycles. The van der Waals surface area contributed by atoms with Crippen LogP contribution in [-0.2, 0) is 6.61 Å². The normalized spacial score (nSPS) is 10.3. The van der Waals surface area contributed by atoms with E-state index in [1.807, 2.05) is 30.3 Å². The zero-order valence-electron chi connectivity index (χ0n) is 12.1. The van der Waals surface area contributed by atoms with E-state index in [1.165, 1.54) is 22.3 Å². The Labute approximate surface area is 125 Å². The highest BCUT2D eigenvalue weighted by Crippen LogP contribution is 2.22. The van der Waals surface area contributed by atoms with E-state index in [4.69, 9.17) is 4.74 Å². The maximum atomic E-state index is 5.86. The molecule has 0 saturated carbocycles. The van der Waals surface area contributed by atoms with E-state index in [9.17, 15) is 0 Å². The molecule has 0 atom stereocenters. The summed E-state index contributed by atoms with van der Waals surface area (Å²) >= 11 is 0. The quantitative estimate of drug-likeness (QED) is 0.632. The number of aryl methyl sites for hydroxylation is 1. The SMILES string of the molecule is Cc1ccccc1COc1ccc(-c2ccccc2)cc1. The Kier molecular flexibility index (Phi) is 4.02. The van der Waals surface area contributed by atoms with E-state index in [1.54, 1.807) is 0 Å². The van der Waals surface area contributed by atoms with Gasteiger partial charge in [0.2, 0.25) is 0 Å². The van der Waals surface area contributed by atoms with Gasteiger partial charge in [-0.15, -0.1) is 0 Å². The predicted octanol–water partition coefficient (Wildman–Crippen LogP) is 5.24. The predicted molar refractivity (Wildman–Crippen MR) is 87.4 cm³/mol. The molecule has 0 aromatic heterocycles. The van der Waals surface area contributed by atoms with Crippen LogP contribution in [0.3, 0.4) is 0 Å². The minimum atomic E-state index is 0.608. The van der Waals surface area contributed by atoms with Crippen molar-refractivity contribution in [1.29, 1.82) is 0 Å². The zero-order chi connectivity index (χ0) is 14.5. The highest BCUT2D eigenvalue weighted by Gasteiger charge is 2.00. The van der Waals surface area contributed by atoms with Gasteiger partial charge in [-0.25, -0.2) is 0 Å². The molecular formula is C20H18O. The average molecular weight is 274 g/mol. The molecule has 0 spiro atoms. The van der Waals surface area contributed by atoms with E-state index in [2.05, 4.69) is 55.5 Å². The molecular weight excluding hydrogens is 256 g/mol. The van der Waals surface area contributed by atoms with Gasteiger partial charge in [0.1, 0.15) is 12.4 Å². The van der Waals surface area contributed by atoms with Gasteiger partial charge in [-0.05, 0) is 41.3 Å². The first-order valence-electron chi connectivity index (χ1n) is 7.16. The third-order valence-corrected chi connectivity index (χ3v) is 3.62. The molecule has 3 aromatic carbocycles. The van der Waals surface area contributed by atoms with Crippen molar-refractivity contribution in [3.8, 4) is 16.9 Å². The molecule has 3 rings (SSSR count). The third kappa shape index (κ3) is 3.32. The molecule has 0 N–H and O–H groups in total. The van der Waals surface area contributed by atoms with Gasteiger partial charge in [0.15, 0.2) is 0 Å². The summed E-state index contributed by atoms with van der Waals surface area (Å²) < 4.78 is 5.86. The van der Waals surface area contributed by atoms with Crippen molar-refractivity contribution < 1.29 is 4.74 Å². The summed E-state index contributed by atoms with van der Waals surface area (Å²) in [7, 11) is 0. The molecule has 0 amide bonds. The van der Waals surface area contributed by atoms with Crippen LogP contribution < -0.4 is 4.74 Å². The first-order valence-corrected chi connectivity index (χ1v) is 7.16. The second kappa shape index (κ2) is 6.27. The van der Waals surface area contributed by atoms with Crippen LogP contribution in [0.4, 0.5) is 0 Å². The number of benzene rings is 3. The van der Waals surface area contributed by atoms with E-state index in [-0.39, 0.29) is 0 Å². The highest BCUT2D eigenvalue weighted by atomic mass is 16.5. The van der Waals surface area contributed by atoms with Crippen LogP contribution in [0, 0.1) is 6.92 Å². The Bertz CT molecular complexity index is 699. The molecule has 21 heavy (non-hydrogen) atoms. The molecule has 0 aliphatic rings. The van der Waals surface area contributed by atoms with E-state index in [0.717, 1.165) is 5.75 Å². The van der Waals surface area contributed by atoms with Gasteiger partial charge < -0.3 is 4.74 Å². The summed E-state index contributed by atoms with van der Waals surface area (Å²) in [5, 5.41) is 0. The van der Waals surface area contributed by atoms with Gasteiger partial charge in [0.25, 0.3) is 0 Å². The Balaban J connectivity index is 1.69. The Morgan fingerprint density at radius 3 is 2.00 bits per heavy atom. The molecule has 0 bridgehead atoms.